The summed E-state index contributed by atoms with van der Waals surface area (Å²) in [6, 6.07) is 11.4. The van der Waals surface area contributed by atoms with Gasteiger partial charge in [-0.1, -0.05) is 26.8 Å². The van der Waals surface area contributed by atoms with Crippen molar-refractivity contribution in [2.45, 2.75) is 44.7 Å². The molecule has 0 radical (unpaired) electrons. The highest BCUT2D eigenvalue weighted by Gasteiger charge is 2.40. The minimum Gasteiger partial charge on any atom is -0.484 e. The Balaban J connectivity index is 2.00. The van der Waals surface area contributed by atoms with Gasteiger partial charge in [-0.2, -0.15) is 5.26 Å². The third kappa shape index (κ3) is 5.38. The molecule has 0 aliphatic carbocycles. The van der Waals surface area contributed by atoms with Gasteiger partial charge in [-0.15, -0.1) is 0 Å². The van der Waals surface area contributed by atoms with Gasteiger partial charge in [0.15, 0.2) is 0 Å². The number of aliphatic hydroxyl groups excluding tert-OH is 1. The van der Waals surface area contributed by atoms with Crippen LogP contribution in [0, 0.1) is 16.7 Å². The molecule has 3 rings (SSSR count). The molecule has 0 bridgehead atoms. The van der Waals surface area contributed by atoms with Gasteiger partial charge in [0.1, 0.15) is 11.9 Å². The Hall–Kier alpha value is -3.29. The van der Waals surface area contributed by atoms with Crippen LogP contribution in [0.1, 0.15) is 33.3 Å². The van der Waals surface area contributed by atoms with Crippen LogP contribution in [-0.4, -0.2) is 45.0 Å². The summed E-state index contributed by atoms with van der Waals surface area (Å²) >= 11 is 0. The standard InChI is InChI=1S/C23H27N3O6S/c1-15-21(13-27)32-20-9-8-17(25-22(28)31-14-23(2,3)4)11-19(20)26(15)33(29,30)18-7-5-6-16(10-18)12-24/h5-11,15,21,27H,13-14H2,1-4H3,(H,25,28)/t15-,21?/m0/s1. The second kappa shape index (κ2) is 9.29. The van der Waals surface area contributed by atoms with Gasteiger partial charge >= 0.3 is 6.09 Å². The minimum absolute atomic E-state index is 0.0686. The maximum absolute atomic E-state index is 13.6. The summed E-state index contributed by atoms with van der Waals surface area (Å²) in [6.45, 7) is 7.22. The zero-order chi connectivity index (χ0) is 24.4. The third-order valence-corrected chi connectivity index (χ3v) is 6.86. The molecule has 2 aromatic rings. The second-order valence-electron chi connectivity index (χ2n) is 8.96. The van der Waals surface area contributed by atoms with Crippen LogP contribution >= 0.6 is 0 Å². The highest BCUT2D eigenvalue weighted by Crippen LogP contribution is 2.41. The molecule has 1 aliphatic heterocycles. The topological polar surface area (TPSA) is 129 Å². The number of nitriles is 1. The molecule has 2 atom stereocenters. The molecule has 33 heavy (non-hydrogen) atoms. The Morgan fingerprint density at radius 1 is 1.27 bits per heavy atom. The van der Waals surface area contributed by atoms with Crippen LogP contribution in [-0.2, 0) is 14.8 Å². The number of amides is 1. The average Bonchev–Trinajstić information content (AvgIpc) is 2.76. The maximum Gasteiger partial charge on any atom is 0.411 e. The van der Waals surface area contributed by atoms with E-state index in [4.69, 9.17) is 9.47 Å². The largest absolute Gasteiger partial charge is 0.484 e. The fraction of sp³-hybridized carbons (Fsp3) is 0.391. The van der Waals surface area contributed by atoms with Gasteiger partial charge in [0, 0.05) is 5.69 Å². The van der Waals surface area contributed by atoms with Gasteiger partial charge in [-0.05, 0) is 48.7 Å². The molecule has 9 nitrogen and oxygen atoms in total. The SMILES string of the molecule is C[C@H]1C(CO)Oc2ccc(NC(=O)OCC(C)(C)C)cc2N1S(=O)(=O)c1cccc(C#N)c1. The lowest BCUT2D eigenvalue weighted by atomic mass is 9.99. The van der Waals surface area contributed by atoms with E-state index < -0.39 is 34.9 Å². The smallest absolute Gasteiger partial charge is 0.411 e. The number of hydrogen-bond donors (Lipinski definition) is 2. The number of anilines is 2. The van der Waals surface area contributed by atoms with Crippen LogP contribution in [0.3, 0.4) is 0 Å². The molecular formula is C23H27N3O6S. The minimum atomic E-state index is -4.13. The molecule has 1 aliphatic rings. The maximum atomic E-state index is 13.6. The van der Waals surface area contributed by atoms with Gasteiger partial charge in [0.25, 0.3) is 10.0 Å². The number of rotatable bonds is 5. The zero-order valence-electron chi connectivity index (χ0n) is 18.9. The molecule has 1 unspecified atom stereocenters. The Labute approximate surface area is 193 Å². The summed E-state index contributed by atoms with van der Waals surface area (Å²) in [5.41, 5.74) is 0.506. The van der Waals surface area contributed by atoms with E-state index in [0.29, 0.717) is 5.69 Å². The summed E-state index contributed by atoms with van der Waals surface area (Å²) in [7, 11) is -4.13. The monoisotopic (exact) mass is 473 g/mol. The molecule has 0 aromatic heterocycles. The van der Waals surface area contributed by atoms with E-state index in [9.17, 15) is 23.6 Å². The molecule has 2 aromatic carbocycles. The average molecular weight is 474 g/mol. The van der Waals surface area contributed by atoms with Crippen LogP contribution in [0.2, 0.25) is 0 Å². The van der Waals surface area contributed by atoms with Crippen LogP contribution in [0.5, 0.6) is 5.75 Å². The van der Waals surface area contributed by atoms with Crippen molar-refractivity contribution in [1.82, 2.24) is 0 Å². The number of carbonyl (C=O) groups is 1. The van der Waals surface area contributed by atoms with Gasteiger partial charge in [0.05, 0.1) is 41.5 Å². The number of nitrogens with zero attached hydrogens (tertiary/aromatic N) is 2. The molecule has 0 spiro atoms. The van der Waals surface area contributed by atoms with E-state index in [0.717, 1.165) is 4.31 Å². The number of aliphatic hydroxyl groups is 1. The van der Waals surface area contributed by atoms with Crippen LogP contribution in [0.15, 0.2) is 47.4 Å². The molecular weight excluding hydrogens is 446 g/mol. The van der Waals surface area contributed by atoms with Gasteiger partial charge in [0.2, 0.25) is 0 Å². The summed E-state index contributed by atoms with van der Waals surface area (Å²) in [6.07, 6.45) is -1.47. The molecule has 0 fully saturated rings. The van der Waals surface area contributed by atoms with E-state index in [1.54, 1.807) is 13.0 Å². The van der Waals surface area contributed by atoms with E-state index in [-0.39, 0.29) is 33.9 Å². The lowest BCUT2D eigenvalue weighted by Crippen LogP contribution is -2.52. The van der Waals surface area contributed by atoms with Gasteiger partial charge in [-0.25, -0.2) is 13.2 Å². The highest BCUT2D eigenvalue weighted by molar-refractivity contribution is 7.92. The number of benzene rings is 2. The number of fused-ring (bicyclic) bond motifs is 1. The number of ether oxygens (including phenoxy) is 2. The Bertz CT molecular complexity index is 1180. The predicted octanol–water partition coefficient (Wildman–Crippen LogP) is 3.49. The number of sulfonamides is 1. The van der Waals surface area contributed by atoms with E-state index in [1.807, 2.05) is 26.8 Å². The molecule has 176 valence electrons. The van der Waals surface area contributed by atoms with Crippen molar-refractivity contribution < 1.29 is 27.8 Å². The molecule has 2 N–H and O–H groups in total. The van der Waals surface area contributed by atoms with Gasteiger partial charge < -0.3 is 14.6 Å². The van der Waals surface area contributed by atoms with Crippen LogP contribution in [0.4, 0.5) is 16.2 Å². The molecule has 0 saturated carbocycles. The van der Waals surface area contributed by atoms with E-state index in [2.05, 4.69) is 5.32 Å². The molecule has 1 heterocycles. The molecule has 10 heteroatoms. The van der Waals surface area contributed by atoms with Crippen molar-refractivity contribution in [2.75, 3.05) is 22.8 Å². The van der Waals surface area contributed by atoms with Gasteiger partial charge in [-0.3, -0.25) is 9.62 Å². The first kappa shape index (κ1) is 24.4. The fourth-order valence-electron chi connectivity index (χ4n) is 3.31. The quantitative estimate of drug-likeness (QED) is 0.680. The Morgan fingerprint density at radius 3 is 2.64 bits per heavy atom. The normalized spacial score (nSPS) is 18.0. The number of carbonyl (C=O) groups excluding carboxylic acids is 1. The summed E-state index contributed by atoms with van der Waals surface area (Å²) in [5, 5.41) is 21.5. The number of hydrogen-bond acceptors (Lipinski definition) is 7. The van der Waals surface area contributed by atoms with Crippen molar-refractivity contribution in [2.24, 2.45) is 5.41 Å². The second-order valence-corrected chi connectivity index (χ2v) is 10.8. The van der Waals surface area contributed by atoms with Crippen molar-refractivity contribution in [3.05, 3.63) is 48.0 Å². The summed E-state index contributed by atoms with van der Waals surface area (Å²) < 4.78 is 39.4. The summed E-state index contributed by atoms with van der Waals surface area (Å²) in [4.78, 5) is 12.1. The van der Waals surface area contributed by atoms with Crippen LogP contribution in [0.25, 0.3) is 0 Å². The highest BCUT2D eigenvalue weighted by atomic mass is 32.2. The fourth-order valence-corrected chi connectivity index (χ4v) is 5.04. The Kier molecular flexibility index (Phi) is 6.86. The lowest BCUT2D eigenvalue weighted by molar-refractivity contribution is 0.0925. The first-order chi connectivity index (χ1) is 15.5. The van der Waals surface area contributed by atoms with E-state index >= 15 is 0 Å². The van der Waals surface area contributed by atoms with Crippen molar-refractivity contribution in [1.29, 1.82) is 5.26 Å². The van der Waals surface area contributed by atoms with Crippen molar-refractivity contribution >= 4 is 27.5 Å². The van der Waals surface area contributed by atoms with Crippen molar-refractivity contribution in [3.8, 4) is 11.8 Å². The Morgan fingerprint density at radius 2 is 2.00 bits per heavy atom. The zero-order valence-corrected chi connectivity index (χ0v) is 19.7. The lowest BCUT2D eigenvalue weighted by Gasteiger charge is -2.40. The molecule has 0 saturated heterocycles. The summed E-state index contributed by atoms with van der Waals surface area (Å²) in [5.74, 6) is 0.237. The number of nitrogens with one attached hydrogen (secondary N) is 1. The third-order valence-electron chi connectivity index (χ3n) is 4.97. The van der Waals surface area contributed by atoms with Crippen LogP contribution < -0.4 is 14.4 Å². The predicted molar refractivity (Wildman–Crippen MR) is 123 cm³/mol. The van der Waals surface area contributed by atoms with Crippen molar-refractivity contribution in [3.63, 3.8) is 0 Å². The van der Waals surface area contributed by atoms with E-state index in [1.165, 1.54) is 36.4 Å². The first-order valence-corrected chi connectivity index (χ1v) is 11.8. The first-order valence-electron chi connectivity index (χ1n) is 10.4. The molecule has 1 amide bonds.